The van der Waals surface area contributed by atoms with Crippen molar-refractivity contribution < 1.29 is 10.0 Å². The molecular formula is C11H13N5O2. The van der Waals surface area contributed by atoms with Crippen molar-refractivity contribution in [2.45, 2.75) is 0 Å². The van der Waals surface area contributed by atoms with Gasteiger partial charge in [0.2, 0.25) is 0 Å². The maximum atomic E-state index is 12.2. The van der Waals surface area contributed by atoms with Crippen LogP contribution in [0.1, 0.15) is 10.4 Å². The number of likely N-dealkylation sites (N-methyl/N-ethyl adjacent to an activating group) is 1. The predicted octanol–water partition coefficient (Wildman–Crippen LogP) is 0.153. The number of oxime groups is 1. The molecule has 2 aromatic heterocycles. The van der Waals surface area contributed by atoms with Gasteiger partial charge in [0.1, 0.15) is 0 Å². The van der Waals surface area contributed by atoms with E-state index in [0.29, 0.717) is 11.1 Å². The largest absolute Gasteiger partial charge is 0.409 e. The van der Waals surface area contributed by atoms with Gasteiger partial charge in [0.05, 0.1) is 23.8 Å². The number of pyridine rings is 1. The summed E-state index contributed by atoms with van der Waals surface area (Å²) in [5.74, 6) is -0.259. The number of carbonyl (C=O) groups excluding carboxylic acids is 1. The van der Waals surface area contributed by atoms with Crippen LogP contribution < -0.4 is 5.73 Å². The molecule has 0 bridgehead atoms. The van der Waals surface area contributed by atoms with Crippen LogP contribution in [0.25, 0.3) is 5.52 Å². The van der Waals surface area contributed by atoms with Crippen molar-refractivity contribution >= 4 is 17.3 Å². The van der Waals surface area contributed by atoms with Crippen LogP contribution >= 0.6 is 0 Å². The summed E-state index contributed by atoms with van der Waals surface area (Å²) in [6, 6.07) is 5.46. The summed E-state index contributed by atoms with van der Waals surface area (Å²) in [5.41, 5.74) is 6.56. The lowest BCUT2D eigenvalue weighted by atomic mass is 10.2. The molecule has 18 heavy (non-hydrogen) atoms. The molecule has 0 aliphatic rings. The summed E-state index contributed by atoms with van der Waals surface area (Å²) < 4.78 is 1.62. The average Bonchev–Trinajstić information content (AvgIpc) is 2.81. The molecule has 2 heterocycles. The Kier molecular flexibility index (Phi) is 3.13. The molecule has 2 aromatic rings. The molecule has 3 N–H and O–H groups in total. The van der Waals surface area contributed by atoms with Gasteiger partial charge in [0.15, 0.2) is 5.84 Å². The molecule has 0 radical (unpaired) electrons. The standard InChI is InChI=1S/C11H13N5O2/c1-15(7-10(12)14-18)11(17)8-6-13-16-5-3-2-4-9(8)16/h2-6,18H,7H2,1H3,(H2,12,14). The molecule has 0 saturated heterocycles. The van der Waals surface area contributed by atoms with Crippen LogP contribution in [0.2, 0.25) is 0 Å². The van der Waals surface area contributed by atoms with E-state index in [4.69, 9.17) is 10.9 Å². The van der Waals surface area contributed by atoms with E-state index >= 15 is 0 Å². The molecular weight excluding hydrogens is 234 g/mol. The zero-order valence-corrected chi connectivity index (χ0v) is 9.82. The van der Waals surface area contributed by atoms with Gasteiger partial charge in [0.25, 0.3) is 5.91 Å². The Bertz CT molecular complexity index is 604. The Morgan fingerprint density at radius 2 is 2.39 bits per heavy atom. The molecule has 0 atom stereocenters. The van der Waals surface area contributed by atoms with Crippen LogP contribution in [0, 0.1) is 0 Å². The summed E-state index contributed by atoms with van der Waals surface area (Å²) in [6.07, 6.45) is 3.26. The van der Waals surface area contributed by atoms with Gasteiger partial charge in [0, 0.05) is 13.2 Å². The predicted molar refractivity (Wildman–Crippen MR) is 65.6 cm³/mol. The molecule has 1 amide bonds. The number of amides is 1. The monoisotopic (exact) mass is 247 g/mol. The van der Waals surface area contributed by atoms with Crippen molar-refractivity contribution in [3.8, 4) is 0 Å². The van der Waals surface area contributed by atoms with Crippen molar-refractivity contribution in [1.29, 1.82) is 0 Å². The minimum atomic E-state index is -0.234. The number of carbonyl (C=O) groups is 1. The third-order valence-electron chi connectivity index (χ3n) is 2.53. The van der Waals surface area contributed by atoms with Gasteiger partial charge in [-0.3, -0.25) is 4.79 Å². The topological polar surface area (TPSA) is 96.2 Å². The Morgan fingerprint density at radius 3 is 3.11 bits per heavy atom. The fourth-order valence-corrected chi connectivity index (χ4v) is 1.65. The molecule has 0 aliphatic heterocycles. The van der Waals surface area contributed by atoms with Crippen LogP contribution in [0.3, 0.4) is 0 Å². The number of rotatable bonds is 3. The highest BCUT2D eigenvalue weighted by atomic mass is 16.4. The highest BCUT2D eigenvalue weighted by Crippen LogP contribution is 2.11. The number of aromatic nitrogens is 2. The molecule has 0 saturated carbocycles. The van der Waals surface area contributed by atoms with Gasteiger partial charge in [-0.1, -0.05) is 11.2 Å². The first-order valence-corrected chi connectivity index (χ1v) is 5.27. The molecule has 0 spiro atoms. The van der Waals surface area contributed by atoms with Gasteiger partial charge < -0.3 is 15.8 Å². The summed E-state index contributed by atoms with van der Waals surface area (Å²) >= 11 is 0. The van der Waals surface area contributed by atoms with Gasteiger partial charge in [-0.05, 0) is 12.1 Å². The maximum absolute atomic E-state index is 12.2. The van der Waals surface area contributed by atoms with Crippen LogP contribution in [0.5, 0.6) is 0 Å². The summed E-state index contributed by atoms with van der Waals surface area (Å²) in [6.45, 7) is 0.0551. The van der Waals surface area contributed by atoms with Gasteiger partial charge in [-0.25, -0.2) is 4.52 Å². The molecule has 2 rings (SSSR count). The van der Waals surface area contributed by atoms with Crippen LogP contribution in [0.15, 0.2) is 35.7 Å². The molecule has 0 aromatic carbocycles. The molecule has 0 aliphatic carbocycles. The zero-order chi connectivity index (χ0) is 13.1. The summed E-state index contributed by atoms with van der Waals surface area (Å²) in [7, 11) is 1.58. The smallest absolute Gasteiger partial charge is 0.257 e. The van der Waals surface area contributed by atoms with Gasteiger partial charge >= 0.3 is 0 Å². The van der Waals surface area contributed by atoms with E-state index in [0.717, 1.165) is 0 Å². The van der Waals surface area contributed by atoms with Crippen LogP contribution in [-0.4, -0.2) is 45.1 Å². The Labute approximate surface area is 103 Å². The minimum Gasteiger partial charge on any atom is -0.409 e. The minimum absolute atomic E-state index is 0.0256. The number of amidine groups is 1. The fourth-order valence-electron chi connectivity index (χ4n) is 1.65. The normalized spacial score (nSPS) is 11.7. The van der Waals surface area contributed by atoms with Crippen LogP contribution in [-0.2, 0) is 0 Å². The second-order valence-corrected chi connectivity index (χ2v) is 3.84. The lowest BCUT2D eigenvalue weighted by molar-refractivity contribution is 0.0815. The maximum Gasteiger partial charge on any atom is 0.257 e. The summed E-state index contributed by atoms with van der Waals surface area (Å²) in [5, 5.41) is 15.4. The summed E-state index contributed by atoms with van der Waals surface area (Å²) in [4.78, 5) is 13.5. The van der Waals surface area contributed by atoms with Crippen molar-refractivity contribution in [1.82, 2.24) is 14.5 Å². The van der Waals surface area contributed by atoms with Crippen LogP contribution in [0.4, 0.5) is 0 Å². The molecule has 7 nitrogen and oxygen atoms in total. The third-order valence-corrected chi connectivity index (χ3v) is 2.53. The SMILES string of the molecule is CN(C/C(N)=N/O)C(=O)c1cnn2ccccc12. The first-order valence-electron chi connectivity index (χ1n) is 5.27. The second kappa shape index (κ2) is 4.74. The number of fused-ring (bicyclic) bond motifs is 1. The molecule has 94 valence electrons. The van der Waals surface area contributed by atoms with E-state index < -0.39 is 0 Å². The first-order chi connectivity index (χ1) is 8.63. The average molecular weight is 247 g/mol. The van der Waals surface area contributed by atoms with Crippen molar-refractivity contribution in [2.24, 2.45) is 10.9 Å². The molecule has 0 unspecified atom stereocenters. The third kappa shape index (κ3) is 2.10. The first kappa shape index (κ1) is 11.9. The van der Waals surface area contributed by atoms with Crippen molar-refractivity contribution in [3.05, 3.63) is 36.2 Å². The molecule has 7 heteroatoms. The number of nitrogens with zero attached hydrogens (tertiary/aromatic N) is 4. The van der Waals surface area contributed by atoms with E-state index in [9.17, 15) is 4.79 Å². The number of nitrogens with two attached hydrogens (primary N) is 1. The van der Waals surface area contributed by atoms with Crippen molar-refractivity contribution in [2.75, 3.05) is 13.6 Å². The van der Waals surface area contributed by atoms with E-state index in [-0.39, 0.29) is 18.3 Å². The number of hydrogen-bond donors (Lipinski definition) is 2. The Morgan fingerprint density at radius 1 is 1.61 bits per heavy atom. The van der Waals surface area contributed by atoms with E-state index in [1.165, 1.54) is 11.1 Å². The number of hydrogen-bond acceptors (Lipinski definition) is 4. The quantitative estimate of drug-likeness (QED) is 0.349. The zero-order valence-electron chi connectivity index (χ0n) is 9.82. The van der Waals surface area contributed by atoms with Gasteiger partial charge in [-0.15, -0.1) is 0 Å². The fraction of sp³-hybridized carbons (Fsp3) is 0.182. The molecule has 0 fully saturated rings. The van der Waals surface area contributed by atoms with Gasteiger partial charge in [-0.2, -0.15) is 5.10 Å². The highest BCUT2D eigenvalue weighted by Gasteiger charge is 2.17. The second-order valence-electron chi connectivity index (χ2n) is 3.84. The van der Waals surface area contributed by atoms with E-state index in [2.05, 4.69) is 10.3 Å². The Balaban J connectivity index is 2.28. The lowest BCUT2D eigenvalue weighted by Crippen LogP contribution is -2.35. The Hall–Kier alpha value is -2.57. The lowest BCUT2D eigenvalue weighted by Gasteiger charge is -2.15. The van der Waals surface area contributed by atoms with E-state index in [1.54, 1.807) is 23.8 Å². The van der Waals surface area contributed by atoms with E-state index in [1.807, 2.05) is 12.1 Å². The highest BCUT2D eigenvalue weighted by molar-refractivity contribution is 6.02. The van der Waals surface area contributed by atoms with Crippen molar-refractivity contribution in [3.63, 3.8) is 0 Å².